The van der Waals surface area contributed by atoms with Crippen LogP contribution in [0.2, 0.25) is 0 Å². The minimum atomic E-state index is -0.190. The third-order valence-electron chi connectivity index (χ3n) is 2.57. The Hall–Kier alpha value is -0.760. The van der Waals surface area contributed by atoms with Crippen molar-refractivity contribution >= 4 is 17.3 Å². The Morgan fingerprint density at radius 2 is 1.93 bits per heavy atom. The van der Waals surface area contributed by atoms with Crippen molar-refractivity contribution in [1.29, 1.82) is 0 Å². The van der Waals surface area contributed by atoms with E-state index in [0.29, 0.717) is 5.88 Å². The Labute approximate surface area is 88.5 Å². The number of rotatable bonds is 2. The van der Waals surface area contributed by atoms with Gasteiger partial charge in [0.05, 0.1) is 0 Å². The predicted octanol–water partition coefficient (Wildman–Crippen LogP) is 3.16. The number of halogens is 2. The van der Waals surface area contributed by atoms with E-state index in [4.69, 9.17) is 11.6 Å². The highest BCUT2D eigenvalue weighted by atomic mass is 35.5. The Morgan fingerprint density at radius 3 is 2.57 bits per heavy atom. The Bertz CT molecular complexity index is 321. The van der Waals surface area contributed by atoms with Gasteiger partial charge in [0.25, 0.3) is 0 Å². The van der Waals surface area contributed by atoms with Crippen molar-refractivity contribution in [1.82, 2.24) is 0 Å². The molecule has 0 aliphatic carbocycles. The molecule has 2 rings (SSSR count). The zero-order chi connectivity index (χ0) is 9.97. The normalized spacial score (nSPS) is 16.3. The average molecular weight is 214 g/mol. The van der Waals surface area contributed by atoms with E-state index >= 15 is 0 Å². The van der Waals surface area contributed by atoms with Gasteiger partial charge in [0.15, 0.2) is 0 Å². The van der Waals surface area contributed by atoms with E-state index in [1.54, 1.807) is 6.07 Å². The molecule has 0 aromatic heterocycles. The number of hydrogen-bond acceptors (Lipinski definition) is 1. The van der Waals surface area contributed by atoms with Crippen LogP contribution in [0.3, 0.4) is 0 Å². The summed E-state index contributed by atoms with van der Waals surface area (Å²) in [7, 11) is 0. The van der Waals surface area contributed by atoms with Gasteiger partial charge in [0.1, 0.15) is 5.82 Å². The lowest BCUT2D eigenvalue weighted by Crippen LogP contribution is -2.17. The highest BCUT2D eigenvalue weighted by Gasteiger charge is 2.13. The molecule has 1 nitrogen and oxygen atoms in total. The molecule has 0 bridgehead atoms. The van der Waals surface area contributed by atoms with Crippen molar-refractivity contribution < 1.29 is 4.39 Å². The van der Waals surface area contributed by atoms with E-state index in [-0.39, 0.29) is 5.82 Å². The Balaban J connectivity index is 2.27. The van der Waals surface area contributed by atoms with E-state index in [1.165, 1.54) is 18.9 Å². The standard InChI is InChI=1S/C11H13ClFN/c12-8-9-5-10(13)7-11(6-9)14-3-1-2-4-14/h5-7H,1-4,8H2. The summed E-state index contributed by atoms with van der Waals surface area (Å²) in [5, 5.41) is 0. The predicted molar refractivity (Wildman–Crippen MR) is 57.4 cm³/mol. The van der Waals surface area contributed by atoms with Crippen molar-refractivity contribution in [2.24, 2.45) is 0 Å². The molecule has 14 heavy (non-hydrogen) atoms. The van der Waals surface area contributed by atoms with Crippen LogP contribution in [-0.4, -0.2) is 13.1 Å². The second kappa shape index (κ2) is 4.18. The highest BCUT2D eigenvalue weighted by Crippen LogP contribution is 2.23. The van der Waals surface area contributed by atoms with Gasteiger partial charge in [-0.2, -0.15) is 0 Å². The Morgan fingerprint density at radius 1 is 1.21 bits per heavy atom. The van der Waals surface area contributed by atoms with Crippen LogP contribution in [0.5, 0.6) is 0 Å². The topological polar surface area (TPSA) is 3.24 Å². The van der Waals surface area contributed by atoms with E-state index in [1.807, 2.05) is 6.07 Å². The maximum Gasteiger partial charge on any atom is 0.125 e. The largest absolute Gasteiger partial charge is 0.371 e. The fourth-order valence-corrected chi connectivity index (χ4v) is 2.02. The molecule has 1 aliphatic heterocycles. The third-order valence-corrected chi connectivity index (χ3v) is 2.88. The van der Waals surface area contributed by atoms with Crippen LogP contribution in [0.4, 0.5) is 10.1 Å². The molecule has 3 heteroatoms. The molecule has 1 aromatic rings. The quantitative estimate of drug-likeness (QED) is 0.683. The second-order valence-electron chi connectivity index (χ2n) is 3.65. The van der Waals surface area contributed by atoms with Gasteiger partial charge in [-0.05, 0) is 36.6 Å². The first-order chi connectivity index (χ1) is 6.79. The van der Waals surface area contributed by atoms with Gasteiger partial charge in [0.2, 0.25) is 0 Å². The molecule has 0 unspecified atom stereocenters. The van der Waals surface area contributed by atoms with Gasteiger partial charge >= 0.3 is 0 Å². The first kappa shape index (κ1) is 9.78. The van der Waals surface area contributed by atoms with Crippen LogP contribution in [0.15, 0.2) is 18.2 Å². The minimum absolute atomic E-state index is 0.190. The molecule has 0 atom stereocenters. The molecular formula is C11H13ClFN. The highest BCUT2D eigenvalue weighted by molar-refractivity contribution is 6.17. The van der Waals surface area contributed by atoms with Gasteiger partial charge in [-0.25, -0.2) is 4.39 Å². The zero-order valence-corrected chi connectivity index (χ0v) is 8.73. The lowest BCUT2D eigenvalue weighted by molar-refractivity contribution is 0.626. The molecule has 1 heterocycles. The minimum Gasteiger partial charge on any atom is -0.371 e. The maximum absolute atomic E-state index is 13.2. The van der Waals surface area contributed by atoms with E-state index in [2.05, 4.69) is 4.90 Å². The van der Waals surface area contributed by atoms with Gasteiger partial charge in [0, 0.05) is 24.7 Å². The van der Waals surface area contributed by atoms with Gasteiger partial charge in [-0.1, -0.05) is 0 Å². The summed E-state index contributed by atoms with van der Waals surface area (Å²) < 4.78 is 13.2. The summed E-state index contributed by atoms with van der Waals surface area (Å²) in [6, 6.07) is 5.05. The molecule has 0 radical (unpaired) electrons. The summed E-state index contributed by atoms with van der Waals surface area (Å²) in [6.45, 7) is 2.07. The van der Waals surface area contributed by atoms with Crippen LogP contribution < -0.4 is 4.90 Å². The van der Waals surface area contributed by atoms with Crippen LogP contribution in [0, 0.1) is 5.82 Å². The summed E-state index contributed by atoms with van der Waals surface area (Å²) in [4.78, 5) is 2.21. The van der Waals surface area contributed by atoms with Crippen molar-refractivity contribution in [3.8, 4) is 0 Å². The smallest absolute Gasteiger partial charge is 0.125 e. The van der Waals surface area contributed by atoms with Gasteiger partial charge < -0.3 is 4.90 Å². The number of nitrogens with zero attached hydrogens (tertiary/aromatic N) is 1. The molecule has 1 aromatic carbocycles. The van der Waals surface area contributed by atoms with E-state index in [0.717, 1.165) is 24.3 Å². The maximum atomic E-state index is 13.2. The average Bonchev–Trinajstić information content (AvgIpc) is 2.69. The van der Waals surface area contributed by atoms with Crippen LogP contribution in [-0.2, 0) is 5.88 Å². The van der Waals surface area contributed by atoms with Crippen molar-refractivity contribution in [2.45, 2.75) is 18.7 Å². The van der Waals surface area contributed by atoms with Crippen LogP contribution >= 0.6 is 11.6 Å². The Kier molecular flexibility index (Phi) is 2.92. The second-order valence-corrected chi connectivity index (χ2v) is 3.91. The number of benzene rings is 1. The molecule has 0 N–H and O–H groups in total. The summed E-state index contributed by atoms with van der Waals surface area (Å²) >= 11 is 5.69. The molecule has 1 saturated heterocycles. The van der Waals surface area contributed by atoms with E-state index in [9.17, 15) is 4.39 Å². The summed E-state index contributed by atoms with van der Waals surface area (Å²) in [5.74, 6) is 0.184. The SMILES string of the molecule is Fc1cc(CCl)cc(N2CCCC2)c1. The fourth-order valence-electron chi connectivity index (χ4n) is 1.87. The third kappa shape index (κ3) is 2.01. The fraction of sp³-hybridized carbons (Fsp3) is 0.455. The molecule has 1 fully saturated rings. The number of anilines is 1. The van der Waals surface area contributed by atoms with Crippen LogP contribution in [0.1, 0.15) is 18.4 Å². The molecule has 0 saturated carbocycles. The van der Waals surface area contributed by atoms with E-state index < -0.39 is 0 Å². The van der Waals surface area contributed by atoms with Crippen molar-refractivity contribution in [3.63, 3.8) is 0 Å². The molecule has 76 valence electrons. The molecule has 1 aliphatic rings. The first-order valence-corrected chi connectivity index (χ1v) is 5.43. The van der Waals surface area contributed by atoms with Crippen molar-refractivity contribution in [3.05, 3.63) is 29.6 Å². The zero-order valence-electron chi connectivity index (χ0n) is 7.97. The van der Waals surface area contributed by atoms with Gasteiger partial charge in [-0.15, -0.1) is 11.6 Å². The monoisotopic (exact) mass is 213 g/mol. The first-order valence-electron chi connectivity index (χ1n) is 4.90. The number of alkyl halides is 1. The lowest BCUT2D eigenvalue weighted by atomic mass is 10.2. The summed E-state index contributed by atoms with van der Waals surface area (Å²) in [6.07, 6.45) is 2.40. The molecular weight excluding hydrogens is 201 g/mol. The van der Waals surface area contributed by atoms with Crippen molar-refractivity contribution in [2.75, 3.05) is 18.0 Å². The number of hydrogen-bond donors (Lipinski definition) is 0. The molecule has 0 spiro atoms. The lowest BCUT2D eigenvalue weighted by Gasteiger charge is -2.18. The summed E-state index contributed by atoms with van der Waals surface area (Å²) in [5.41, 5.74) is 1.83. The van der Waals surface area contributed by atoms with Crippen LogP contribution in [0.25, 0.3) is 0 Å². The van der Waals surface area contributed by atoms with Gasteiger partial charge in [-0.3, -0.25) is 0 Å². The molecule has 0 amide bonds.